The zero-order valence-electron chi connectivity index (χ0n) is 71.1. The largest absolute Gasteiger partial charge is 0.390 e. The van der Waals surface area contributed by atoms with Crippen LogP contribution in [0.3, 0.4) is 0 Å². The Bertz CT molecular complexity index is 7140. The molecule has 1 fully saturated rings. The minimum absolute atomic E-state index is 0.0499. The monoisotopic (exact) mass is 1760 g/mol. The van der Waals surface area contributed by atoms with Gasteiger partial charge in [-0.15, -0.1) is 0 Å². The number of sulfonamides is 4. The van der Waals surface area contributed by atoms with Gasteiger partial charge in [0.1, 0.15) is 29.1 Å². The van der Waals surface area contributed by atoms with Crippen LogP contribution in [0, 0.1) is 33.5 Å². The normalized spacial score (nSPS) is 12.9. The molecule has 8 aromatic carbocycles. The number of nitrogens with one attached hydrogen (secondary N) is 4. The summed E-state index contributed by atoms with van der Waals surface area (Å²) in [5, 5.41) is 39.7. The molecule has 0 saturated carbocycles. The zero-order chi connectivity index (χ0) is 89.1. The smallest absolute Gasteiger partial charge is 0.263 e. The summed E-state index contributed by atoms with van der Waals surface area (Å²) in [6.07, 6.45) is 8.46. The van der Waals surface area contributed by atoms with Gasteiger partial charge < -0.3 is 14.7 Å². The predicted octanol–water partition coefficient (Wildman–Crippen LogP) is 16.9. The van der Waals surface area contributed by atoms with Crippen LogP contribution in [0.15, 0.2) is 269 Å². The number of aliphatic hydroxyl groups is 1. The first kappa shape index (κ1) is 88.1. The fraction of sp³-hybridized carbons (Fsp3) is 0.228. The summed E-state index contributed by atoms with van der Waals surface area (Å²) in [7, 11) is -15.5. The Labute approximate surface area is 725 Å². The number of aryl methyl sites for hydroxylation is 4. The standard InChI is InChI=1S/C24H26N4O2S.C23H22FN5O3S.C23H24N4O3S.C22H23N5O2S/c1-16-13-14-25-20-7-6-8-21(23(16)20)28-22(15-17(2)26-28)27-31(29,30)19-11-9-18(10-12-19)24(3,4)5;1-16-14-23(29(26-16)21-6-2-5-20-18(21)4-3-9-25-20)27-33(30,31)17-7-8-22(19(24)15-17)28-10-12-32-13-11-28;1-23(2,3)16-9-11-18(12-10-16)31(29,30)26-22-14-17(15-28)25-27(22)21-8-4-7-20-19(21)6-5-13-24-20;1-15-12-21(26-30(28,29)18-10-8-17(9-11-18)22(2,3)4)27(25-15)20-7-5-6-16-13-23-24-14-19(16)20/h6-15,27H,1-5H3;2-9,14-15,27H,10-13H2,1H3;4-14,26,28H,15H2,1-3H3;5-14,26H,1-4H3. The van der Waals surface area contributed by atoms with Crippen molar-refractivity contribution in [3.63, 3.8) is 0 Å². The Balaban J connectivity index is 0.000000136. The molecule has 28 nitrogen and oxygen atoms in total. The lowest BCUT2D eigenvalue weighted by Gasteiger charge is -2.29. The van der Waals surface area contributed by atoms with Gasteiger partial charge in [0.25, 0.3) is 40.1 Å². The molecular formula is C92H95FN18O10S4. The SMILES string of the molecule is CC(C)(C)c1ccc(S(=O)(=O)Nc2cc(CO)nn2-c2cccc3ncccc23)cc1.Cc1cc(NS(=O)(=O)c2ccc(C(C)(C)C)cc2)n(-c2cccc3cnncc23)n1.Cc1cc(NS(=O)(=O)c2ccc(C(C)(C)C)cc2)n(-c2cccc3nccc(C)c23)n1.Cc1cc(NS(=O)(=O)c2ccc(N3CCOCC3)c(F)c2)n(-c2cccc3ncccc23)n1. The molecule has 0 bridgehead atoms. The summed E-state index contributed by atoms with van der Waals surface area (Å²) in [6.45, 7) is 28.0. The van der Waals surface area contributed by atoms with Crippen molar-refractivity contribution in [1.29, 1.82) is 0 Å². The molecule has 1 aliphatic rings. The van der Waals surface area contributed by atoms with Crippen LogP contribution < -0.4 is 23.8 Å². The number of hydrogen-bond donors (Lipinski definition) is 5. The van der Waals surface area contributed by atoms with Crippen LogP contribution in [0.25, 0.3) is 66.2 Å². The van der Waals surface area contributed by atoms with Gasteiger partial charge in [-0.3, -0.25) is 33.8 Å². The summed E-state index contributed by atoms with van der Waals surface area (Å²) in [6, 6.07) is 63.1. The van der Waals surface area contributed by atoms with Gasteiger partial charge in [-0.25, -0.2) is 56.8 Å². The fourth-order valence-corrected chi connectivity index (χ4v) is 18.3. The lowest BCUT2D eigenvalue weighted by Crippen LogP contribution is -2.36. The second kappa shape index (κ2) is 35.6. The highest BCUT2D eigenvalue weighted by Crippen LogP contribution is 2.36. The Morgan fingerprint density at radius 1 is 0.384 bits per heavy atom. The highest BCUT2D eigenvalue weighted by molar-refractivity contribution is 7.93. The number of nitrogens with zero attached hydrogens (tertiary/aromatic N) is 14. The van der Waals surface area contributed by atoms with Gasteiger partial charge in [0, 0.05) is 82.9 Å². The van der Waals surface area contributed by atoms with Crippen LogP contribution in [0.4, 0.5) is 33.3 Å². The van der Waals surface area contributed by atoms with Gasteiger partial charge >= 0.3 is 0 Å². The molecule has 0 atom stereocenters. The Morgan fingerprint density at radius 2 is 0.760 bits per heavy atom. The maximum Gasteiger partial charge on any atom is 0.263 e. The van der Waals surface area contributed by atoms with E-state index >= 15 is 0 Å². The Kier molecular flexibility index (Phi) is 25.1. The van der Waals surface area contributed by atoms with Crippen LogP contribution in [0.1, 0.15) is 107 Å². The van der Waals surface area contributed by atoms with Crippen LogP contribution in [0.5, 0.6) is 0 Å². The average molecular weight is 1760 g/mol. The topological polar surface area (TPSA) is 353 Å². The number of hydrogen-bond acceptors (Lipinski definition) is 20. The molecule has 0 unspecified atom stereocenters. The van der Waals surface area contributed by atoms with E-state index in [2.05, 4.69) is 127 Å². The Hall–Kier alpha value is -13.2. The summed E-state index contributed by atoms with van der Waals surface area (Å²) in [5.41, 5.74) is 12.0. The molecule has 9 heterocycles. The number of anilines is 5. The second-order valence-electron chi connectivity index (χ2n) is 33.1. The molecule has 17 rings (SSSR count). The molecule has 1 aliphatic heterocycles. The van der Waals surface area contributed by atoms with E-state index in [-0.39, 0.29) is 54.1 Å². The maximum absolute atomic E-state index is 14.8. The van der Waals surface area contributed by atoms with Crippen molar-refractivity contribution in [3.8, 4) is 22.7 Å². The lowest BCUT2D eigenvalue weighted by molar-refractivity contribution is 0.122. The summed E-state index contributed by atoms with van der Waals surface area (Å²) in [4.78, 5) is 15.4. The van der Waals surface area contributed by atoms with Crippen LogP contribution in [-0.2, 0) is 67.7 Å². The predicted molar refractivity (Wildman–Crippen MR) is 486 cm³/mol. The van der Waals surface area contributed by atoms with Gasteiger partial charge in [-0.2, -0.15) is 30.6 Å². The Morgan fingerprint density at radius 3 is 1.20 bits per heavy atom. The number of aliphatic hydroxyl groups excluding tert-OH is 1. The number of morpholine rings is 1. The van der Waals surface area contributed by atoms with E-state index < -0.39 is 45.9 Å². The van der Waals surface area contributed by atoms with Crippen molar-refractivity contribution in [2.24, 2.45) is 0 Å². The van der Waals surface area contributed by atoms with Crippen molar-refractivity contribution in [3.05, 3.63) is 300 Å². The lowest BCUT2D eigenvalue weighted by atomic mass is 9.87. The first-order valence-electron chi connectivity index (χ1n) is 40.0. The molecule has 8 aromatic heterocycles. The van der Waals surface area contributed by atoms with Gasteiger partial charge in [-0.1, -0.05) is 129 Å². The highest BCUT2D eigenvalue weighted by atomic mass is 32.2. The molecule has 0 amide bonds. The second-order valence-corrected chi connectivity index (χ2v) is 39.8. The molecule has 33 heteroatoms. The minimum atomic E-state index is -4.06. The van der Waals surface area contributed by atoms with Gasteiger partial charge in [0.15, 0.2) is 0 Å². The van der Waals surface area contributed by atoms with Gasteiger partial charge in [-0.05, 0) is 194 Å². The molecular weight excluding hydrogens is 1660 g/mol. The molecule has 16 aromatic rings. The van der Waals surface area contributed by atoms with Crippen molar-refractivity contribution in [2.45, 2.75) is 132 Å². The van der Waals surface area contributed by atoms with E-state index in [1.807, 2.05) is 165 Å². The quantitative estimate of drug-likeness (QED) is 0.0533. The highest BCUT2D eigenvalue weighted by Gasteiger charge is 2.28. The first-order valence-corrected chi connectivity index (χ1v) is 45.9. The molecule has 1 saturated heterocycles. The maximum atomic E-state index is 14.8. The third-order valence-corrected chi connectivity index (χ3v) is 26.2. The minimum Gasteiger partial charge on any atom is -0.390 e. The summed E-state index contributed by atoms with van der Waals surface area (Å²) >= 11 is 0. The molecule has 0 aliphatic carbocycles. The third kappa shape index (κ3) is 19.9. The molecule has 644 valence electrons. The van der Waals surface area contributed by atoms with Crippen molar-refractivity contribution >= 4 is 113 Å². The number of aromatic nitrogens is 13. The summed E-state index contributed by atoms with van der Waals surface area (Å²) < 4.78 is 142. The molecule has 0 radical (unpaired) electrons. The van der Waals surface area contributed by atoms with E-state index in [1.54, 1.807) is 102 Å². The van der Waals surface area contributed by atoms with E-state index in [9.17, 15) is 43.2 Å². The van der Waals surface area contributed by atoms with E-state index in [0.717, 1.165) is 83.2 Å². The number of halogens is 1. The van der Waals surface area contributed by atoms with Gasteiger partial charge in [0.05, 0.1) is 120 Å². The van der Waals surface area contributed by atoms with E-state index in [0.29, 0.717) is 77.8 Å². The number of rotatable bonds is 18. The van der Waals surface area contributed by atoms with E-state index in [1.165, 1.54) is 27.6 Å². The van der Waals surface area contributed by atoms with Crippen molar-refractivity contribution in [1.82, 2.24) is 64.3 Å². The van der Waals surface area contributed by atoms with E-state index in [4.69, 9.17) is 4.74 Å². The first-order chi connectivity index (χ1) is 59.3. The number of pyridine rings is 3. The average Bonchev–Trinajstić information content (AvgIpc) is 1.70. The molecule has 5 N–H and O–H groups in total. The van der Waals surface area contributed by atoms with Crippen LogP contribution >= 0.6 is 0 Å². The number of fused-ring (bicyclic) bond motifs is 4. The zero-order valence-corrected chi connectivity index (χ0v) is 74.4. The number of benzene rings is 8. The van der Waals surface area contributed by atoms with Gasteiger partial charge in [0.2, 0.25) is 0 Å². The molecule has 0 spiro atoms. The van der Waals surface area contributed by atoms with Crippen molar-refractivity contribution in [2.75, 3.05) is 50.1 Å². The fourth-order valence-electron chi connectivity index (χ4n) is 14.2. The third-order valence-electron chi connectivity index (χ3n) is 20.7. The number of ether oxygens (including phenoxy) is 1. The molecule has 125 heavy (non-hydrogen) atoms. The van der Waals surface area contributed by atoms with Crippen molar-refractivity contribution < 1.29 is 47.9 Å². The van der Waals surface area contributed by atoms with Crippen LogP contribution in [-0.4, -0.2) is 129 Å². The summed E-state index contributed by atoms with van der Waals surface area (Å²) in [5.74, 6) is 0.635. The van der Waals surface area contributed by atoms with Crippen LogP contribution in [0.2, 0.25) is 0 Å².